The molecule has 18 rings (SSSR count). The molecule has 0 heteroatoms. The third-order valence-corrected chi connectivity index (χ3v) is 23.3. The lowest BCUT2D eigenvalue weighted by Gasteiger charge is -2.31. The van der Waals surface area contributed by atoms with Crippen molar-refractivity contribution in [1.29, 1.82) is 0 Å². The molecule has 0 saturated heterocycles. The summed E-state index contributed by atoms with van der Waals surface area (Å²) in [5.74, 6) is 1.43. The zero-order chi connectivity index (χ0) is 64.6. The van der Waals surface area contributed by atoms with Gasteiger partial charge in [-0.25, -0.2) is 0 Å². The van der Waals surface area contributed by atoms with E-state index >= 15 is 0 Å². The summed E-state index contributed by atoms with van der Waals surface area (Å²) in [6.45, 7) is 14.4. The predicted octanol–water partition coefficient (Wildman–Crippen LogP) is 27.2. The van der Waals surface area contributed by atoms with E-state index in [1.54, 1.807) is 5.56 Å². The molecule has 0 bridgehead atoms. The molecule has 0 nitrogen and oxygen atoms in total. The minimum Gasteiger partial charge on any atom is -0.0654 e. The molecule has 0 radical (unpaired) electrons. The fourth-order valence-corrected chi connectivity index (χ4v) is 18.6. The van der Waals surface area contributed by atoms with E-state index in [0.717, 1.165) is 18.8 Å². The number of hydrogen-bond donors (Lipinski definition) is 0. The van der Waals surface area contributed by atoms with Crippen molar-refractivity contribution in [1.82, 2.24) is 0 Å². The molecule has 0 aromatic heterocycles. The number of benzene rings is 15. The van der Waals surface area contributed by atoms with Gasteiger partial charge in [0.2, 0.25) is 0 Å². The third-order valence-electron chi connectivity index (χ3n) is 23.3. The van der Waals surface area contributed by atoms with Crippen molar-refractivity contribution in [2.75, 3.05) is 0 Å². The van der Waals surface area contributed by atoms with Crippen LogP contribution < -0.4 is 0 Å². The van der Waals surface area contributed by atoms with Crippen LogP contribution >= 0.6 is 0 Å². The summed E-state index contributed by atoms with van der Waals surface area (Å²) in [5.41, 5.74) is 28.8. The van der Waals surface area contributed by atoms with Gasteiger partial charge in [-0.3, -0.25) is 0 Å². The van der Waals surface area contributed by atoms with Crippen LogP contribution in [0.15, 0.2) is 267 Å². The van der Waals surface area contributed by atoms with Crippen LogP contribution in [0.1, 0.15) is 126 Å². The van der Waals surface area contributed by atoms with Crippen LogP contribution in [0.5, 0.6) is 0 Å². The fourth-order valence-electron chi connectivity index (χ4n) is 18.6. The molecule has 0 aliphatic heterocycles. The highest BCUT2D eigenvalue weighted by Gasteiger charge is 2.39. The Morgan fingerprint density at radius 1 is 0.271 bits per heavy atom. The Labute approximate surface area is 566 Å². The van der Waals surface area contributed by atoms with Crippen LogP contribution in [-0.4, -0.2) is 0 Å². The maximum absolute atomic E-state index is 2.55. The Morgan fingerprint density at radius 3 is 0.906 bits per heavy atom. The Balaban J connectivity index is 0.685. The summed E-state index contributed by atoms with van der Waals surface area (Å²) in [5, 5.41) is 15.9. The lowest BCUT2D eigenvalue weighted by molar-refractivity contribution is 0.310. The number of fused-ring (bicyclic) bond motifs is 12. The molecular weight excluding hydrogens is 1150 g/mol. The second kappa shape index (κ2) is 22.8. The molecule has 96 heavy (non-hydrogen) atoms. The van der Waals surface area contributed by atoms with Crippen LogP contribution in [0.2, 0.25) is 0 Å². The maximum atomic E-state index is 2.55. The number of hydrogen-bond acceptors (Lipinski definition) is 0. The first-order valence-corrected chi connectivity index (χ1v) is 35.7. The van der Waals surface area contributed by atoms with Gasteiger partial charge in [-0.2, -0.15) is 0 Å². The monoisotopic (exact) mass is 1230 g/mol. The van der Waals surface area contributed by atoms with Gasteiger partial charge in [0.1, 0.15) is 0 Å². The summed E-state index contributed by atoms with van der Waals surface area (Å²) in [6.07, 6.45) is 10.1. The minimum atomic E-state index is -0.238. The molecule has 0 heterocycles. The molecule has 0 spiro atoms. The van der Waals surface area contributed by atoms with Crippen LogP contribution in [0, 0.1) is 5.92 Å². The van der Waals surface area contributed by atoms with Crippen molar-refractivity contribution in [3.05, 3.63) is 300 Å². The molecule has 1 fully saturated rings. The van der Waals surface area contributed by atoms with Crippen molar-refractivity contribution in [3.8, 4) is 89.0 Å². The summed E-state index contributed by atoms with van der Waals surface area (Å²) in [4.78, 5) is 0. The highest BCUT2D eigenvalue weighted by atomic mass is 14.4. The van der Waals surface area contributed by atoms with Gasteiger partial charge in [0, 0.05) is 10.8 Å². The summed E-state index contributed by atoms with van der Waals surface area (Å²) in [6, 6.07) is 103. The van der Waals surface area contributed by atoms with Gasteiger partial charge in [-0.1, -0.05) is 303 Å². The highest BCUT2D eigenvalue weighted by molar-refractivity contribution is 6.28. The van der Waals surface area contributed by atoms with Gasteiger partial charge >= 0.3 is 0 Å². The first-order valence-electron chi connectivity index (χ1n) is 35.7. The Morgan fingerprint density at radius 2 is 0.552 bits per heavy atom. The Hall–Kier alpha value is -10.1. The molecule has 15 aromatic rings. The van der Waals surface area contributed by atoms with Gasteiger partial charge in [0.05, 0.1) is 0 Å². The quantitative estimate of drug-likeness (QED) is 0.113. The number of aryl methyl sites for hydroxylation is 1. The maximum Gasteiger partial charge on any atom is 0.0159 e. The van der Waals surface area contributed by atoms with Gasteiger partial charge in [0.25, 0.3) is 0 Å². The largest absolute Gasteiger partial charge is 0.0654 e. The Kier molecular flexibility index (Phi) is 13.9. The molecule has 3 aliphatic rings. The average molecular weight is 1230 g/mol. The summed E-state index contributed by atoms with van der Waals surface area (Å²) in [7, 11) is 0. The first kappa shape index (κ1) is 58.4. The lowest BCUT2D eigenvalue weighted by Crippen LogP contribution is -2.15. The lowest BCUT2D eigenvalue weighted by atomic mass is 9.73. The highest BCUT2D eigenvalue weighted by Crippen LogP contribution is 2.57. The molecule has 0 amide bonds. The minimum absolute atomic E-state index is 0.228. The molecule has 3 aliphatic carbocycles. The van der Waals surface area contributed by atoms with Crippen LogP contribution in [0.4, 0.5) is 0 Å². The molecule has 0 unspecified atom stereocenters. The molecule has 0 atom stereocenters. The second-order valence-electron chi connectivity index (χ2n) is 29.4. The van der Waals surface area contributed by atoms with Gasteiger partial charge in [0.15, 0.2) is 0 Å². The van der Waals surface area contributed by atoms with E-state index in [1.165, 1.54) is 220 Å². The van der Waals surface area contributed by atoms with Crippen LogP contribution in [-0.2, 0) is 17.3 Å². The summed E-state index contributed by atoms with van der Waals surface area (Å²) >= 11 is 0. The standard InChI is InChI=1S/C96H80/c1-7-21-59-35-39-61(40-36-59)62-43-45-64(46-44-62)90-73-23-9-11-25-75(73)91(76-26-12-10-24-74(76)90)67-49-53-71-69-51-47-65(55-85(69)95(3,4)87(71)57-67)66-48-52-70-72-54-50-68(58-88(72)96(5,6)86(70)56-66)92-79-29-15-19-33-83(79)94(84-34-20-16-30-80(84)92)93-81-31-17-13-27-77(81)89(78-28-14-18-32-82(78)93)63-41-37-60(22-8-2)38-42-63/h9-20,23-36,39-40,43-58,60,63H,7-8,21-22,37-38,41-42H2,1-6H3. The Bertz CT molecular complexity index is 5490. The van der Waals surface area contributed by atoms with E-state index in [0.29, 0.717) is 5.92 Å². The van der Waals surface area contributed by atoms with Gasteiger partial charge in [-0.05, 0) is 255 Å². The average Bonchev–Trinajstić information content (AvgIpc) is 0.911. The topological polar surface area (TPSA) is 0 Å². The first-order chi connectivity index (χ1) is 47.0. The third kappa shape index (κ3) is 9.08. The molecule has 15 aromatic carbocycles. The van der Waals surface area contributed by atoms with Gasteiger partial charge < -0.3 is 0 Å². The molecule has 1 saturated carbocycles. The smallest absolute Gasteiger partial charge is 0.0159 e. The van der Waals surface area contributed by atoms with Crippen LogP contribution in [0.25, 0.3) is 154 Å². The fraction of sp³-hybridized carbons (Fsp3) is 0.188. The predicted molar refractivity (Wildman–Crippen MR) is 413 cm³/mol. The molecule has 0 N–H and O–H groups in total. The van der Waals surface area contributed by atoms with E-state index < -0.39 is 0 Å². The normalized spacial score (nSPS) is 16.0. The van der Waals surface area contributed by atoms with Crippen LogP contribution in [0.3, 0.4) is 0 Å². The zero-order valence-corrected chi connectivity index (χ0v) is 56.2. The van der Waals surface area contributed by atoms with E-state index in [1.807, 2.05) is 0 Å². The van der Waals surface area contributed by atoms with Crippen molar-refractivity contribution < 1.29 is 0 Å². The van der Waals surface area contributed by atoms with Crippen molar-refractivity contribution in [3.63, 3.8) is 0 Å². The van der Waals surface area contributed by atoms with E-state index in [-0.39, 0.29) is 10.8 Å². The van der Waals surface area contributed by atoms with E-state index in [4.69, 9.17) is 0 Å². The van der Waals surface area contributed by atoms with Crippen molar-refractivity contribution in [2.24, 2.45) is 5.92 Å². The van der Waals surface area contributed by atoms with E-state index in [2.05, 4.69) is 308 Å². The molecular formula is C96H80. The van der Waals surface area contributed by atoms with E-state index in [9.17, 15) is 0 Å². The second-order valence-corrected chi connectivity index (χ2v) is 29.4. The van der Waals surface area contributed by atoms with Crippen molar-refractivity contribution in [2.45, 2.75) is 110 Å². The number of rotatable bonds is 11. The SMILES string of the molecule is CCCc1ccc(-c2ccc(-c3c4ccccc4c(-c4ccc5c(c4)C(C)(C)c4cc(-c6ccc7c(c6)C(C)(C)c6cc(-c8c9ccccc9c(-c9c%10ccccc%10c(C%10CCC(CCC)CC%10)c%10ccccc9%10)c9ccccc89)ccc6-7)ccc4-5)c4ccccc34)cc2)cc1. The zero-order valence-electron chi connectivity index (χ0n) is 56.2. The molecule has 464 valence electrons. The summed E-state index contributed by atoms with van der Waals surface area (Å²) < 4.78 is 0. The van der Waals surface area contributed by atoms with Crippen molar-refractivity contribution >= 4 is 64.6 Å². The van der Waals surface area contributed by atoms with Gasteiger partial charge in [-0.15, -0.1) is 0 Å².